The van der Waals surface area contributed by atoms with Crippen LogP contribution in [0.4, 0.5) is 8.78 Å². The molecule has 1 heterocycles. The van der Waals surface area contributed by atoms with Crippen molar-refractivity contribution in [2.24, 2.45) is 0 Å². The van der Waals surface area contributed by atoms with E-state index in [4.69, 9.17) is 9.26 Å². The SMILES string of the molecule is COc1ccccc1CN(C)Cc1nc(-c2ccccc2OC(F)F)no1. The van der Waals surface area contributed by atoms with Crippen molar-refractivity contribution in [1.82, 2.24) is 15.0 Å². The lowest BCUT2D eigenvalue weighted by molar-refractivity contribution is -0.0494. The van der Waals surface area contributed by atoms with Crippen molar-refractivity contribution in [2.75, 3.05) is 14.2 Å². The van der Waals surface area contributed by atoms with Crippen molar-refractivity contribution < 1.29 is 22.8 Å². The van der Waals surface area contributed by atoms with E-state index < -0.39 is 6.61 Å². The summed E-state index contributed by atoms with van der Waals surface area (Å²) in [6.45, 7) is -1.92. The van der Waals surface area contributed by atoms with Gasteiger partial charge in [-0.05, 0) is 25.2 Å². The van der Waals surface area contributed by atoms with Gasteiger partial charge in [0.25, 0.3) is 0 Å². The maximum Gasteiger partial charge on any atom is 0.387 e. The highest BCUT2D eigenvalue weighted by Crippen LogP contribution is 2.29. The number of methoxy groups -OCH3 is 1. The largest absolute Gasteiger partial charge is 0.496 e. The van der Waals surface area contributed by atoms with Crippen LogP contribution < -0.4 is 9.47 Å². The van der Waals surface area contributed by atoms with Crippen molar-refractivity contribution in [1.29, 1.82) is 0 Å². The molecule has 0 aliphatic heterocycles. The summed E-state index contributed by atoms with van der Waals surface area (Å²) in [6.07, 6.45) is 0. The predicted molar refractivity (Wildman–Crippen MR) is 94.5 cm³/mol. The minimum Gasteiger partial charge on any atom is -0.496 e. The van der Waals surface area contributed by atoms with Crippen LogP contribution in [0.15, 0.2) is 53.1 Å². The lowest BCUT2D eigenvalue weighted by Crippen LogP contribution is -2.17. The molecule has 0 aliphatic carbocycles. The summed E-state index contributed by atoms with van der Waals surface area (Å²) in [7, 11) is 3.53. The summed E-state index contributed by atoms with van der Waals surface area (Å²) in [4.78, 5) is 6.28. The lowest BCUT2D eigenvalue weighted by atomic mass is 10.2. The first-order valence-electron chi connectivity index (χ1n) is 8.24. The number of benzene rings is 2. The molecule has 6 nitrogen and oxygen atoms in total. The lowest BCUT2D eigenvalue weighted by Gasteiger charge is -2.16. The van der Waals surface area contributed by atoms with Crippen LogP contribution in [0.2, 0.25) is 0 Å². The molecule has 8 heteroatoms. The Kier molecular flexibility index (Phi) is 5.97. The fourth-order valence-corrected chi connectivity index (χ4v) is 2.69. The van der Waals surface area contributed by atoms with E-state index in [1.807, 2.05) is 36.2 Å². The van der Waals surface area contributed by atoms with E-state index >= 15 is 0 Å². The van der Waals surface area contributed by atoms with E-state index in [0.717, 1.165) is 11.3 Å². The standard InChI is InChI=1S/C19H19F2N3O3/c1-24(11-13-7-3-5-9-15(13)25-2)12-17-22-18(23-27-17)14-8-4-6-10-16(14)26-19(20)21/h3-10,19H,11-12H2,1-2H3. The van der Waals surface area contributed by atoms with Crippen LogP contribution in [-0.4, -0.2) is 35.8 Å². The van der Waals surface area contributed by atoms with Crippen LogP contribution in [0.3, 0.4) is 0 Å². The molecular formula is C19H19F2N3O3. The summed E-state index contributed by atoms with van der Waals surface area (Å²) in [5.41, 5.74) is 1.37. The summed E-state index contributed by atoms with van der Waals surface area (Å²) >= 11 is 0. The van der Waals surface area contributed by atoms with Crippen LogP contribution in [0.25, 0.3) is 11.4 Å². The van der Waals surface area contributed by atoms with Crippen molar-refractivity contribution >= 4 is 0 Å². The zero-order chi connectivity index (χ0) is 19.2. The number of nitrogens with zero attached hydrogens (tertiary/aromatic N) is 3. The zero-order valence-electron chi connectivity index (χ0n) is 14.9. The second-order valence-corrected chi connectivity index (χ2v) is 5.87. The highest BCUT2D eigenvalue weighted by atomic mass is 19.3. The number of ether oxygens (including phenoxy) is 2. The average molecular weight is 375 g/mol. The molecule has 1 aromatic heterocycles. The number of para-hydroxylation sites is 2. The molecule has 0 atom stereocenters. The summed E-state index contributed by atoms with van der Waals surface area (Å²) in [5, 5.41) is 3.89. The molecule has 0 N–H and O–H groups in total. The Morgan fingerprint density at radius 1 is 1.04 bits per heavy atom. The fraction of sp³-hybridized carbons (Fsp3) is 0.263. The van der Waals surface area contributed by atoms with Crippen LogP contribution in [0, 0.1) is 0 Å². The smallest absolute Gasteiger partial charge is 0.387 e. The van der Waals surface area contributed by atoms with Gasteiger partial charge in [-0.2, -0.15) is 13.8 Å². The minimum absolute atomic E-state index is 0.00206. The van der Waals surface area contributed by atoms with Crippen LogP contribution >= 0.6 is 0 Å². The van der Waals surface area contributed by atoms with E-state index in [0.29, 0.717) is 24.5 Å². The Bertz CT molecular complexity index is 886. The number of alkyl halides is 2. The normalized spacial score (nSPS) is 11.2. The van der Waals surface area contributed by atoms with E-state index in [-0.39, 0.29) is 11.6 Å². The van der Waals surface area contributed by atoms with Crippen LogP contribution in [0.5, 0.6) is 11.5 Å². The molecule has 27 heavy (non-hydrogen) atoms. The Hall–Kier alpha value is -3.00. The number of hydrogen-bond donors (Lipinski definition) is 0. The van der Waals surface area contributed by atoms with E-state index in [1.54, 1.807) is 25.3 Å². The van der Waals surface area contributed by atoms with E-state index in [2.05, 4.69) is 14.9 Å². The highest BCUT2D eigenvalue weighted by Gasteiger charge is 2.17. The third-order valence-electron chi connectivity index (χ3n) is 3.85. The number of hydrogen-bond acceptors (Lipinski definition) is 6. The van der Waals surface area contributed by atoms with Gasteiger partial charge >= 0.3 is 6.61 Å². The quantitative estimate of drug-likeness (QED) is 0.594. The van der Waals surface area contributed by atoms with Gasteiger partial charge in [-0.1, -0.05) is 35.5 Å². The topological polar surface area (TPSA) is 60.6 Å². The third-order valence-corrected chi connectivity index (χ3v) is 3.85. The predicted octanol–water partition coefficient (Wildman–Crippen LogP) is 3.98. The van der Waals surface area contributed by atoms with Gasteiger partial charge in [-0.25, -0.2) is 0 Å². The Morgan fingerprint density at radius 2 is 1.74 bits per heavy atom. The van der Waals surface area contributed by atoms with Crippen LogP contribution in [0.1, 0.15) is 11.5 Å². The number of aromatic nitrogens is 2. The van der Waals surface area contributed by atoms with Gasteiger partial charge in [0.1, 0.15) is 11.5 Å². The second kappa shape index (κ2) is 8.59. The molecular weight excluding hydrogens is 356 g/mol. The maximum atomic E-state index is 12.6. The molecule has 3 aromatic rings. The molecule has 0 unspecified atom stereocenters. The molecule has 0 bridgehead atoms. The summed E-state index contributed by atoms with van der Waals surface area (Å²) in [5.74, 6) is 1.37. The molecule has 142 valence electrons. The first kappa shape index (κ1) is 18.8. The van der Waals surface area contributed by atoms with Crippen molar-refractivity contribution in [2.45, 2.75) is 19.7 Å². The molecule has 0 saturated heterocycles. The van der Waals surface area contributed by atoms with E-state index in [1.165, 1.54) is 6.07 Å². The molecule has 3 rings (SSSR count). The number of rotatable bonds is 8. The van der Waals surface area contributed by atoms with Gasteiger partial charge in [0.2, 0.25) is 11.7 Å². The number of halogens is 2. The maximum absolute atomic E-state index is 12.6. The van der Waals surface area contributed by atoms with Crippen molar-refractivity contribution in [3.63, 3.8) is 0 Å². The van der Waals surface area contributed by atoms with Gasteiger partial charge in [0.15, 0.2) is 0 Å². The molecule has 0 fully saturated rings. The van der Waals surface area contributed by atoms with Crippen molar-refractivity contribution in [3.05, 3.63) is 60.0 Å². The van der Waals surface area contributed by atoms with E-state index in [9.17, 15) is 8.78 Å². The molecule has 2 aromatic carbocycles. The second-order valence-electron chi connectivity index (χ2n) is 5.87. The van der Waals surface area contributed by atoms with Gasteiger partial charge in [0.05, 0.1) is 19.2 Å². The van der Waals surface area contributed by atoms with Gasteiger partial charge < -0.3 is 14.0 Å². The minimum atomic E-state index is -2.93. The summed E-state index contributed by atoms with van der Waals surface area (Å²) < 4.78 is 40.2. The zero-order valence-corrected chi connectivity index (χ0v) is 14.9. The van der Waals surface area contributed by atoms with Gasteiger partial charge in [0, 0.05) is 12.1 Å². The molecule has 0 radical (unpaired) electrons. The highest BCUT2D eigenvalue weighted by molar-refractivity contribution is 5.63. The summed E-state index contributed by atoms with van der Waals surface area (Å²) in [6, 6.07) is 14.1. The van der Waals surface area contributed by atoms with Gasteiger partial charge in [-0.15, -0.1) is 0 Å². The monoisotopic (exact) mass is 375 g/mol. The first-order chi connectivity index (χ1) is 13.1. The molecule has 0 amide bonds. The average Bonchev–Trinajstić information content (AvgIpc) is 3.10. The molecule has 0 saturated carbocycles. The third kappa shape index (κ3) is 4.79. The Morgan fingerprint density at radius 3 is 2.48 bits per heavy atom. The van der Waals surface area contributed by atoms with Gasteiger partial charge in [-0.3, -0.25) is 4.90 Å². The fourth-order valence-electron chi connectivity index (χ4n) is 2.69. The molecule has 0 spiro atoms. The Balaban J connectivity index is 1.71. The Labute approximate surface area is 155 Å². The van der Waals surface area contributed by atoms with Crippen LogP contribution in [-0.2, 0) is 13.1 Å². The molecule has 0 aliphatic rings. The van der Waals surface area contributed by atoms with Crippen molar-refractivity contribution in [3.8, 4) is 22.9 Å². The first-order valence-corrected chi connectivity index (χ1v) is 8.24.